The molecule has 314 valence electrons. The van der Waals surface area contributed by atoms with Crippen molar-refractivity contribution in [2.24, 2.45) is 0 Å². The highest BCUT2D eigenvalue weighted by Crippen LogP contribution is 2.53. The zero-order chi connectivity index (χ0) is 44.2. The van der Waals surface area contributed by atoms with Gasteiger partial charge in [0.25, 0.3) is 0 Å². The van der Waals surface area contributed by atoms with Gasteiger partial charge in [0.1, 0.15) is 0 Å². The van der Waals surface area contributed by atoms with Crippen LogP contribution in [-0.4, -0.2) is 4.57 Å². The fraction of sp³-hybridized carbons (Fsp3) is 0.0476. The van der Waals surface area contributed by atoms with Crippen LogP contribution in [0.5, 0.6) is 0 Å². The Morgan fingerprint density at radius 1 is 0.348 bits per heavy atom. The van der Waals surface area contributed by atoms with Gasteiger partial charge in [0.05, 0.1) is 28.1 Å². The van der Waals surface area contributed by atoms with Crippen LogP contribution in [0.25, 0.3) is 60.9 Å². The first kappa shape index (κ1) is 39.2. The molecule has 0 saturated carbocycles. The van der Waals surface area contributed by atoms with Crippen LogP contribution >= 0.6 is 0 Å². The monoisotopic (exact) mass is 845 g/mol. The lowest BCUT2D eigenvalue weighted by molar-refractivity contribution is 0.632. The van der Waals surface area contributed by atoms with E-state index < -0.39 is 0 Å². The summed E-state index contributed by atoms with van der Waals surface area (Å²) in [4.78, 5) is 4.86. The van der Waals surface area contributed by atoms with Gasteiger partial charge in [0.15, 0.2) is 0 Å². The maximum absolute atomic E-state index is 2.44. The van der Waals surface area contributed by atoms with Crippen molar-refractivity contribution in [2.45, 2.75) is 19.3 Å². The molecule has 0 amide bonds. The van der Waals surface area contributed by atoms with E-state index in [0.717, 1.165) is 39.6 Å². The highest BCUT2D eigenvalue weighted by Gasteiger charge is 2.37. The van der Waals surface area contributed by atoms with Gasteiger partial charge in [0.2, 0.25) is 0 Å². The van der Waals surface area contributed by atoms with Crippen molar-refractivity contribution < 1.29 is 0 Å². The van der Waals surface area contributed by atoms with E-state index >= 15 is 0 Å². The van der Waals surface area contributed by atoms with E-state index in [4.69, 9.17) is 0 Å². The molecule has 0 radical (unpaired) electrons. The van der Waals surface area contributed by atoms with Crippen molar-refractivity contribution in [3.05, 3.63) is 260 Å². The first-order valence-corrected chi connectivity index (χ1v) is 22.8. The molecule has 66 heavy (non-hydrogen) atoms. The Balaban J connectivity index is 0.985. The average molecular weight is 846 g/mol. The number of hydrogen-bond acceptors (Lipinski definition) is 2. The summed E-state index contributed by atoms with van der Waals surface area (Å²) in [5.41, 5.74) is 19.9. The fourth-order valence-corrected chi connectivity index (χ4v) is 10.3. The van der Waals surface area contributed by atoms with E-state index in [9.17, 15) is 0 Å². The van der Waals surface area contributed by atoms with Gasteiger partial charge in [-0.3, -0.25) is 0 Å². The predicted molar refractivity (Wildman–Crippen MR) is 279 cm³/mol. The predicted octanol–water partition coefficient (Wildman–Crippen LogP) is 17.4. The summed E-state index contributed by atoms with van der Waals surface area (Å²) in [5, 5.41) is 2.49. The zero-order valence-electron chi connectivity index (χ0n) is 37.0. The van der Waals surface area contributed by atoms with Crippen molar-refractivity contribution in [1.82, 2.24) is 4.57 Å². The van der Waals surface area contributed by atoms with Crippen LogP contribution in [0.4, 0.5) is 34.1 Å². The number of aromatic nitrogens is 1. The van der Waals surface area contributed by atoms with E-state index in [1.807, 2.05) is 0 Å². The quantitative estimate of drug-likeness (QED) is 0.151. The highest BCUT2D eigenvalue weighted by atomic mass is 15.2. The summed E-state index contributed by atoms with van der Waals surface area (Å²) in [6.45, 7) is 4.71. The van der Waals surface area contributed by atoms with Crippen molar-refractivity contribution in [1.29, 1.82) is 0 Å². The molecule has 0 atom stereocenters. The van der Waals surface area contributed by atoms with E-state index in [2.05, 4.69) is 277 Å². The smallest absolute Gasteiger partial charge is 0.0541 e. The van der Waals surface area contributed by atoms with Gasteiger partial charge in [-0.2, -0.15) is 0 Å². The van der Waals surface area contributed by atoms with Crippen LogP contribution in [0.15, 0.2) is 249 Å². The first-order valence-electron chi connectivity index (χ1n) is 22.8. The summed E-state index contributed by atoms with van der Waals surface area (Å²) in [6, 6.07) is 90.6. The minimum atomic E-state index is -0.187. The van der Waals surface area contributed by atoms with Gasteiger partial charge < -0.3 is 14.4 Å². The van der Waals surface area contributed by atoms with Gasteiger partial charge in [-0.25, -0.2) is 0 Å². The molecule has 3 nitrogen and oxygen atoms in total. The van der Waals surface area contributed by atoms with Crippen LogP contribution < -0.4 is 9.80 Å². The molecule has 1 aliphatic heterocycles. The first-order chi connectivity index (χ1) is 32.5. The molecular formula is C63H47N3. The lowest BCUT2D eigenvalue weighted by atomic mass is 9.73. The highest BCUT2D eigenvalue weighted by molar-refractivity contribution is 6.10. The van der Waals surface area contributed by atoms with Crippen LogP contribution in [-0.2, 0) is 5.41 Å². The molecule has 3 heteroatoms. The van der Waals surface area contributed by atoms with Crippen LogP contribution in [0, 0.1) is 0 Å². The molecule has 1 aromatic heterocycles. The minimum Gasteiger partial charge on any atom is -0.310 e. The Morgan fingerprint density at radius 2 is 0.864 bits per heavy atom. The molecule has 0 saturated heterocycles. The molecule has 0 aliphatic carbocycles. The van der Waals surface area contributed by atoms with Gasteiger partial charge >= 0.3 is 0 Å². The molecule has 12 rings (SSSR count). The Hall–Kier alpha value is -8.40. The second-order valence-electron chi connectivity index (χ2n) is 17.8. The maximum Gasteiger partial charge on any atom is 0.0541 e. The van der Waals surface area contributed by atoms with Crippen molar-refractivity contribution >= 4 is 55.9 Å². The fourth-order valence-electron chi connectivity index (χ4n) is 10.3. The number of fused-ring (bicyclic) bond motifs is 5. The SMILES string of the molecule is CC1(C)c2ccccc2N(c2ccccc2)c2cc(-c3ccccc3N(c3ccc(-c4ccccc4)cc3)c3ccc(-c4ccc5c(c4)c4ccccc4n5-c4ccccc4)cc3)ccc21. The summed E-state index contributed by atoms with van der Waals surface area (Å²) < 4.78 is 2.37. The lowest BCUT2D eigenvalue weighted by Crippen LogP contribution is -2.30. The molecule has 11 aromatic rings. The molecule has 0 spiro atoms. The van der Waals surface area contributed by atoms with Gasteiger partial charge in [0, 0.05) is 44.5 Å². The zero-order valence-corrected chi connectivity index (χ0v) is 37.0. The molecule has 0 bridgehead atoms. The number of hydrogen-bond donors (Lipinski definition) is 0. The Labute approximate surface area is 386 Å². The van der Waals surface area contributed by atoms with Crippen LogP contribution in [0.3, 0.4) is 0 Å². The van der Waals surface area contributed by atoms with Gasteiger partial charge in [-0.15, -0.1) is 0 Å². The topological polar surface area (TPSA) is 11.4 Å². The second kappa shape index (κ2) is 16.0. The third kappa shape index (κ3) is 6.59. The van der Waals surface area contributed by atoms with Crippen molar-refractivity contribution in [2.75, 3.05) is 9.80 Å². The summed E-state index contributed by atoms with van der Waals surface area (Å²) >= 11 is 0. The standard InChI is InChI=1S/C63H47N3/c1-63(2)56-26-14-17-29-61(56)66(50-22-10-5-11-23-50)62-43-48(34-40-57(62)63)53-24-12-15-27-58(53)64(51-36-30-45(31-37-51)44-18-6-3-7-19-44)52-38-32-46(33-39-52)47-35-41-60-55(42-47)54-25-13-16-28-59(54)65(60)49-20-8-4-9-21-49/h3-43H,1-2H3. The van der Waals surface area contributed by atoms with Crippen LogP contribution in [0.1, 0.15) is 25.0 Å². The summed E-state index contributed by atoms with van der Waals surface area (Å²) in [5.74, 6) is 0. The second-order valence-corrected chi connectivity index (χ2v) is 17.8. The normalized spacial score (nSPS) is 12.8. The number of nitrogens with zero attached hydrogens (tertiary/aromatic N) is 3. The van der Waals surface area contributed by atoms with E-state index in [0.29, 0.717) is 0 Å². The maximum atomic E-state index is 2.44. The molecule has 10 aromatic carbocycles. The third-order valence-corrected chi connectivity index (χ3v) is 13.6. The molecule has 0 fully saturated rings. The molecule has 0 unspecified atom stereocenters. The molecule has 0 N–H and O–H groups in total. The molecule has 1 aliphatic rings. The number of anilines is 6. The van der Waals surface area contributed by atoms with Crippen molar-refractivity contribution in [3.8, 4) is 39.1 Å². The Kier molecular flexibility index (Phi) is 9.50. The largest absolute Gasteiger partial charge is 0.310 e. The number of rotatable bonds is 8. The van der Waals surface area contributed by atoms with Gasteiger partial charge in [-0.05, 0) is 124 Å². The molecule has 2 heterocycles. The Bertz CT molecular complexity index is 3530. The average Bonchev–Trinajstić information content (AvgIpc) is 3.71. The van der Waals surface area contributed by atoms with E-state index in [-0.39, 0.29) is 5.41 Å². The van der Waals surface area contributed by atoms with E-state index in [1.165, 1.54) is 66.6 Å². The number of para-hydroxylation sites is 5. The minimum absolute atomic E-state index is 0.187. The van der Waals surface area contributed by atoms with Crippen molar-refractivity contribution in [3.63, 3.8) is 0 Å². The third-order valence-electron chi connectivity index (χ3n) is 13.6. The summed E-state index contributed by atoms with van der Waals surface area (Å²) in [6.07, 6.45) is 0. The van der Waals surface area contributed by atoms with Gasteiger partial charge in [-0.1, -0.05) is 178 Å². The van der Waals surface area contributed by atoms with Crippen LogP contribution in [0.2, 0.25) is 0 Å². The lowest BCUT2D eigenvalue weighted by Gasteiger charge is -2.42. The molecular weight excluding hydrogens is 799 g/mol. The number of benzene rings is 10. The summed E-state index contributed by atoms with van der Waals surface area (Å²) in [7, 11) is 0. The van der Waals surface area contributed by atoms with E-state index in [1.54, 1.807) is 0 Å². The Morgan fingerprint density at radius 3 is 1.59 bits per heavy atom.